The fourth-order valence-electron chi connectivity index (χ4n) is 2.74. The average molecular weight is 284 g/mol. The highest BCUT2D eigenvalue weighted by atomic mass is 19.4. The lowest BCUT2D eigenvalue weighted by Gasteiger charge is -2.33. The summed E-state index contributed by atoms with van der Waals surface area (Å²) < 4.78 is 39.9. The maximum Gasteiger partial charge on any atom is 0.391 e. The molecule has 1 aliphatic rings. The molecule has 0 radical (unpaired) electrons. The van der Waals surface area contributed by atoms with Gasteiger partial charge >= 0.3 is 6.18 Å². The predicted octanol–water partition coefficient (Wildman–Crippen LogP) is 2.75. The number of hydrogen-bond donors (Lipinski definition) is 0. The second kappa shape index (κ2) is 4.64. The van der Waals surface area contributed by atoms with Gasteiger partial charge in [-0.3, -0.25) is 0 Å². The topological polar surface area (TPSA) is 34.0 Å². The van der Waals surface area contributed by atoms with Crippen molar-refractivity contribution in [3.05, 3.63) is 18.6 Å². The van der Waals surface area contributed by atoms with E-state index in [4.69, 9.17) is 0 Å². The van der Waals surface area contributed by atoms with Gasteiger partial charge in [0.05, 0.1) is 11.3 Å². The Hall–Kier alpha value is -1.79. The first-order chi connectivity index (χ1) is 9.47. The Morgan fingerprint density at radius 1 is 1.20 bits per heavy atom. The molecule has 0 aromatic carbocycles. The molecule has 0 saturated carbocycles. The summed E-state index contributed by atoms with van der Waals surface area (Å²) in [5.41, 5.74) is 0.799. The number of hydrogen-bond acceptors (Lipinski definition) is 3. The maximum atomic E-state index is 12.7. The highest BCUT2D eigenvalue weighted by Gasteiger charge is 2.41. The van der Waals surface area contributed by atoms with Crippen molar-refractivity contribution in [3.63, 3.8) is 0 Å². The zero-order chi connectivity index (χ0) is 14.3. The lowest BCUT2D eigenvalue weighted by atomic mass is 9.96. The molecule has 0 amide bonds. The smallest absolute Gasteiger partial charge is 0.356 e. The first kappa shape index (κ1) is 13.2. The lowest BCUT2D eigenvalue weighted by molar-refractivity contribution is -0.179. The fraction of sp³-hybridized carbons (Fsp3) is 0.538. The molecule has 7 heteroatoms. The van der Waals surface area contributed by atoms with Gasteiger partial charge in [-0.1, -0.05) is 0 Å². The number of aromatic nitrogens is 3. The van der Waals surface area contributed by atoms with Crippen molar-refractivity contribution in [1.82, 2.24) is 14.5 Å². The van der Waals surface area contributed by atoms with Crippen molar-refractivity contribution in [1.29, 1.82) is 0 Å². The van der Waals surface area contributed by atoms with Crippen LogP contribution >= 0.6 is 0 Å². The minimum absolute atomic E-state index is 0.127. The third-order valence-electron chi connectivity index (χ3n) is 3.90. The minimum Gasteiger partial charge on any atom is -0.356 e. The van der Waals surface area contributed by atoms with Gasteiger partial charge in [-0.15, -0.1) is 0 Å². The van der Waals surface area contributed by atoms with Gasteiger partial charge in [0, 0.05) is 26.3 Å². The number of aryl methyl sites for hydroxylation is 1. The van der Waals surface area contributed by atoms with E-state index in [1.165, 1.54) is 6.33 Å². The van der Waals surface area contributed by atoms with Crippen molar-refractivity contribution in [2.75, 3.05) is 18.0 Å². The molecular formula is C13H15F3N4. The Balaban J connectivity index is 1.84. The minimum atomic E-state index is -4.08. The number of halogens is 3. The first-order valence-corrected chi connectivity index (χ1v) is 6.54. The molecule has 2 aromatic heterocycles. The van der Waals surface area contributed by atoms with Gasteiger partial charge in [0.1, 0.15) is 17.8 Å². The van der Waals surface area contributed by atoms with Crippen molar-refractivity contribution >= 4 is 16.9 Å². The van der Waals surface area contributed by atoms with Gasteiger partial charge in [0.15, 0.2) is 0 Å². The molecule has 1 saturated heterocycles. The molecule has 3 rings (SSSR count). The quantitative estimate of drug-likeness (QED) is 0.807. The molecule has 1 fully saturated rings. The summed E-state index contributed by atoms with van der Waals surface area (Å²) in [4.78, 5) is 10.4. The Bertz CT molecular complexity index is 612. The number of piperidine rings is 1. The second-order valence-corrected chi connectivity index (χ2v) is 5.16. The van der Waals surface area contributed by atoms with Crippen LogP contribution in [0.5, 0.6) is 0 Å². The highest BCUT2D eigenvalue weighted by molar-refractivity contribution is 5.87. The highest BCUT2D eigenvalue weighted by Crippen LogP contribution is 2.36. The number of alkyl halides is 3. The largest absolute Gasteiger partial charge is 0.391 e. The van der Waals surface area contributed by atoms with Crippen LogP contribution in [0.1, 0.15) is 12.8 Å². The molecule has 20 heavy (non-hydrogen) atoms. The molecule has 0 aliphatic carbocycles. The summed E-state index contributed by atoms with van der Waals surface area (Å²) in [6.45, 7) is 0.760. The number of rotatable bonds is 1. The zero-order valence-corrected chi connectivity index (χ0v) is 11.1. The Morgan fingerprint density at radius 3 is 2.55 bits per heavy atom. The van der Waals surface area contributed by atoms with E-state index in [0.717, 1.165) is 16.9 Å². The van der Waals surface area contributed by atoms with Gasteiger partial charge < -0.3 is 9.47 Å². The SMILES string of the molecule is Cn1ccc2c(N3CCC(C(F)(F)F)CC3)ncnc21. The summed E-state index contributed by atoms with van der Waals surface area (Å²) in [7, 11) is 1.88. The van der Waals surface area contributed by atoms with Crippen LogP contribution in [-0.4, -0.2) is 33.8 Å². The summed E-state index contributed by atoms with van der Waals surface area (Å²) in [5, 5.41) is 0.889. The van der Waals surface area contributed by atoms with E-state index in [1.807, 2.05) is 28.8 Å². The van der Waals surface area contributed by atoms with E-state index in [-0.39, 0.29) is 12.8 Å². The van der Waals surface area contributed by atoms with Crippen LogP contribution in [0.25, 0.3) is 11.0 Å². The molecule has 0 atom stereocenters. The summed E-state index contributed by atoms with van der Waals surface area (Å²) in [5.74, 6) is -0.455. The van der Waals surface area contributed by atoms with Crippen molar-refractivity contribution in [2.24, 2.45) is 13.0 Å². The maximum absolute atomic E-state index is 12.7. The van der Waals surface area contributed by atoms with Gasteiger partial charge in [-0.25, -0.2) is 9.97 Å². The van der Waals surface area contributed by atoms with Crippen LogP contribution in [0.2, 0.25) is 0 Å². The van der Waals surface area contributed by atoms with Crippen LogP contribution in [-0.2, 0) is 7.05 Å². The molecule has 3 heterocycles. The fourth-order valence-corrected chi connectivity index (χ4v) is 2.74. The summed E-state index contributed by atoms with van der Waals surface area (Å²) in [6, 6.07) is 1.90. The van der Waals surface area contributed by atoms with Gasteiger partial charge in [-0.05, 0) is 18.9 Å². The van der Waals surface area contributed by atoms with Crippen LogP contribution in [0.15, 0.2) is 18.6 Å². The molecule has 0 bridgehead atoms. The number of fused-ring (bicyclic) bond motifs is 1. The van der Waals surface area contributed by atoms with Crippen LogP contribution in [0.4, 0.5) is 19.0 Å². The summed E-state index contributed by atoms with van der Waals surface area (Å²) >= 11 is 0. The molecule has 0 spiro atoms. The van der Waals surface area contributed by atoms with E-state index in [2.05, 4.69) is 9.97 Å². The van der Waals surface area contributed by atoms with E-state index in [1.54, 1.807) is 0 Å². The summed E-state index contributed by atoms with van der Waals surface area (Å²) in [6.07, 6.45) is -0.484. The van der Waals surface area contributed by atoms with Crippen molar-refractivity contribution < 1.29 is 13.2 Å². The van der Waals surface area contributed by atoms with Gasteiger partial charge in [0.25, 0.3) is 0 Å². The standard InChI is InChI=1S/C13H15F3N4/c1-19-5-4-10-11(19)17-8-18-12(10)20-6-2-9(3-7-20)13(14,15)16/h4-5,8-9H,2-3,6-7H2,1H3. The van der Waals surface area contributed by atoms with E-state index >= 15 is 0 Å². The van der Waals surface area contributed by atoms with Gasteiger partial charge in [-0.2, -0.15) is 13.2 Å². The molecule has 2 aromatic rings. The Morgan fingerprint density at radius 2 is 1.90 bits per heavy atom. The van der Waals surface area contributed by atoms with Gasteiger partial charge in [0.2, 0.25) is 0 Å². The lowest BCUT2D eigenvalue weighted by Crippen LogP contribution is -2.39. The van der Waals surface area contributed by atoms with E-state index in [0.29, 0.717) is 13.1 Å². The molecule has 0 N–H and O–H groups in total. The first-order valence-electron chi connectivity index (χ1n) is 6.54. The molecular weight excluding hydrogens is 269 g/mol. The van der Waals surface area contributed by atoms with E-state index < -0.39 is 12.1 Å². The number of anilines is 1. The predicted molar refractivity (Wildman–Crippen MR) is 69.5 cm³/mol. The van der Waals surface area contributed by atoms with E-state index in [9.17, 15) is 13.2 Å². The molecule has 0 unspecified atom stereocenters. The average Bonchev–Trinajstić information content (AvgIpc) is 2.80. The monoisotopic (exact) mass is 284 g/mol. The normalized spacial score (nSPS) is 17.9. The van der Waals surface area contributed by atoms with Crippen LogP contribution < -0.4 is 4.90 Å². The second-order valence-electron chi connectivity index (χ2n) is 5.16. The number of nitrogens with zero attached hydrogens (tertiary/aromatic N) is 4. The third kappa shape index (κ3) is 2.21. The Kier molecular flexibility index (Phi) is 3.07. The molecule has 108 valence electrons. The zero-order valence-electron chi connectivity index (χ0n) is 11.1. The van der Waals surface area contributed by atoms with Crippen molar-refractivity contribution in [2.45, 2.75) is 19.0 Å². The third-order valence-corrected chi connectivity index (χ3v) is 3.90. The van der Waals surface area contributed by atoms with Crippen LogP contribution in [0.3, 0.4) is 0 Å². The molecule has 4 nitrogen and oxygen atoms in total. The van der Waals surface area contributed by atoms with Crippen LogP contribution in [0, 0.1) is 5.92 Å². The Labute approximate surface area is 114 Å². The molecule has 1 aliphatic heterocycles. The van der Waals surface area contributed by atoms with Crippen molar-refractivity contribution in [3.8, 4) is 0 Å².